The van der Waals surface area contributed by atoms with Gasteiger partial charge in [0.05, 0.1) is 16.7 Å². The maximum atomic E-state index is 9.39. The van der Waals surface area contributed by atoms with Crippen LogP contribution in [0.5, 0.6) is 0 Å². The fourth-order valence-corrected chi connectivity index (χ4v) is 2.77. The van der Waals surface area contributed by atoms with Gasteiger partial charge in [0.15, 0.2) is 0 Å². The molecule has 4 heteroatoms. The van der Waals surface area contributed by atoms with Gasteiger partial charge >= 0.3 is 0 Å². The summed E-state index contributed by atoms with van der Waals surface area (Å²) in [5, 5.41) is 13.8. The largest absolute Gasteiger partial charge is 0.409 e. The fourth-order valence-electron chi connectivity index (χ4n) is 2.77. The molecule has 0 spiro atoms. The highest BCUT2D eigenvalue weighted by molar-refractivity contribution is 5.93. The normalized spacial score (nSPS) is 12.1. The van der Waals surface area contributed by atoms with E-state index in [0.29, 0.717) is 5.49 Å². The van der Waals surface area contributed by atoms with Crippen molar-refractivity contribution in [3.8, 4) is 11.3 Å². The van der Waals surface area contributed by atoms with E-state index >= 15 is 0 Å². The smallest absolute Gasteiger partial charge is 0.216 e. The molecule has 0 aliphatic rings. The number of rotatable bonds is 1. The third-order valence-electron chi connectivity index (χ3n) is 3.76. The third-order valence-corrected chi connectivity index (χ3v) is 3.76. The maximum absolute atomic E-state index is 9.39. The van der Waals surface area contributed by atoms with Gasteiger partial charge in [-0.05, 0) is 18.2 Å². The Bertz CT molecular complexity index is 1040. The first kappa shape index (κ1) is 12.6. The van der Waals surface area contributed by atoms with Crippen LogP contribution in [0.1, 0.15) is 0 Å². The lowest BCUT2D eigenvalue weighted by Gasteiger charge is -2.02. The highest BCUT2D eigenvalue weighted by Gasteiger charge is 2.08. The van der Waals surface area contributed by atoms with Crippen LogP contribution in [0.15, 0.2) is 78.1 Å². The Morgan fingerprint density at radius 1 is 0.818 bits per heavy atom. The lowest BCUT2D eigenvalue weighted by atomic mass is 10.1. The Kier molecular flexibility index (Phi) is 2.86. The SMILES string of the molecule is O/N=c1/nc(-c2ccccc2)c2ccccc2n2cccc12. The fraction of sp³-hybridized carbons (Fsp3) is 0. The minimum atomic E-state index is 0.306. The van der Waals surface area contributed by atoms with E-state index in [1.54, 1.807) is 0 Å². The summed E-state index contributed by atoms with van der Waals surface area (Å²) >= 11 is 0. The van der Waals surface area contributed by atoms with Gasteiger partial charge in [0.25, 0.3) is 0 Å². The summed E-state index contributed by atoms with van der Waals surface area (Å²) in [5.74, 6) is 0. The Morgan fingerprint density at radius 2 is 1.55 bits per heavy atom. The lowest BCUT2D eigenvalue weighted by Crippen LogP contribution is -2.07. The zero-order chi connectivity index (χ0) is 14.9. The molecule has 0 unspecified atom stereocenters. The molecule has 0 saturated heterocycles. The number of fused-ring (bicyclic) bond motifs is 3. The van der Waals surface area contributed by atoms with Gasteiger partial charge in [-0.25, -0.2) is 4.98 Å². The van der Waals surface area contributed by atoms with Crippen molar-refractivity contribution in [2.75, 3.05) is 0 Å². The molecule has 0 aliphatic carbocycles. The van der Waals surface area contributed by atoms with Crippen LogP contribution in [0, 0.1) is 0 Å². The van der Waals surface area contributed by atoms with Crippen LogP contribution in [0.25, 0.3) is 27.7 Å². The Balaban J connectivity index is 2.30. The highest BCUT2D eigenvalue weighted by Crippen LogP contribution is 2.25. The molecule has 2 aromatic carbocycles. The molecule has 2 aromatic heterocycles. The van der Waals surface area contributed by atoms with Crippen molar-refractivity contribution in [1.29, 1.82) is 0 Å². The molecule has 4 rings (SSSR count). The number of aromatic nitrogens is 2. The van der Waals surface area contributed by atoms with Gasteiger partial charge in [-0.3, -0.25) is 0 Å². The highest BCUT2D eigenvalue weighted by atomic mass is 16.4. The molecule has 1 N–H and O–H groups in total. The molecule has 0 amide bonds. The van der Waals surface area contributed by atoms with E-state index in [-0.39, 0.29) is 0 Å². The molecular weight excluding hydrogens is 274 g/mol. The average molecular weight is 287 g/mol. The van der Waals surface area contributed by atoms with Crippen molar-refractivity contribution < 1.29 is 5.21 Å². The second kappa shape index (κ2) is 5.00. The number of benzene rings is 2. The minimum Gasteiger partial charge on any atom is -0.409 e. The topological polar surface area (TPSA) is 49.9 Å². The molecule has 0 atom stereocenters. The summed E-state index contributed by atoms with van der Waals surface area (Å²) in [6.07, 6.45) is 1.95. The van der Waals surface area contributed by atoms with Crippen LogP contribution in [0.2, 0.25) is 0 Å². The predicted octanol–water partition coefficient (Wildman–Crippen LogP) is 3.44. The molecule has 0 bridgehead atoms. The number of hydrogen-bond acceptors (Lipinski definition) is 3. The van der Waals surface area contributed by atoms with Crippen molar-refractivity contribution in [2.45, 2.75) is 0 Å². The molecule has 0 saturated carbocycles. The Hall–Kier alpha value is -3.14. The zero-order valence-corrected chi connectivity index (χ0v) is 11.7. The summed E-state index contributed by atoms with van der Waals surface area (Å²) < 4.78 is 1.99. The molecule has 22 heavy (non-hydrogen) atoms. The van der Waals surface area contributed by atoms with Crippen molar-refractivity contribution in [3.63, 3.8) is 0 Å². The van der Waals surface area contributed by atoms with Crippen LogP contribution in [0.3, 0.4) is 0 Å². The van der Waals surface area contributed by atoms with Gasteiger partial charge in [0, 0.05) is 17.1 Å². The summed E-state index contributed by atoms with van der Waals surface area (Å²) in [6.45, 7) is 0. The van der Waals surface area contributed by atoms with E-state index in [0.717, 1.165) is 27.7 Å². The second-order valence-electron chi connectivity index (χ2n) is 5.03. The van der Waals surface area contributed by atoms with E-state index < -0.39 is 0 Å². The molecule has 0 aliphatic heterocycles. The van der Waals surface area contributed by atoms with E-state index in [2.05, 4.69) is 10.1 Å². The predicted molar refractivity (Wildman–Crippen MR) is 85.5 cm³/mol. The van der Waals surface area contributed by atoms with Crippen LogP contribution in [-0.2, 0) is 0 Å². The average Bonchev–Trinajstić information content (AvgIpc) is 3.02. The summed E-state index contributed by atoms with van der Waals surface area (Å²) in [6, 6.07) is 21.8. The first-order chi connectivity index (χ1) is 10.9. The van der Waals surface area contributed by atoms with Crippen molar-refractivity contribution >= 4 is 16.4 Å². The van der Waals surface area contributed by atoms with Crippen LogP contribution in [-0.4, -0.2) is 14.6 Å². The number of para-hydroxylation sites is 1. The molecule has 106 valence electrons. The molecule has 4 nitrogen and oxygen atoms in total. The minimum absolute atomic E-state index is 0.306. The van der Waals surface area contributed by atoms with Crippen molar-refractivity contribution in [2.24, 2.45) is 5.16 Å². The maximum Gasteiger partial charge on any atom is 0.216 e. The van der Waals surface area contributed by atoms with Gasteiger partial charge < -0.3 is 9.61 Å². The summed E-state index contributed by atoms with van der Waals surface area (Å²) in [7, 11) is 0. The van der Waals surface area contributed by atoms with Crippen molar-refractivity contribution in [3.05, 3.63) is 78.4 Å². The molecular formula is C18H13N3O. The van der Waals surface area contributed by atoms with Gasteiger partial charge in [0.2, 0.25) is 5.49 Å². The Morgan fingerprint density at radius 3 is 2.36 bits per heavy atom. The third kappa shape index (κ3) is 1.85. The second-order valence-corrected chi connectivity index (χ2v) is 5.03. The van der Waals surface area contributed by atoms with Crippen LogP contribution in [0.4, 0.5) is 0 Å². The first-order valence-electron chi connectivity index (χ1n) is 7.02. The molecule has 2 heterocycles. The van der Waals surface area contributed by atoms with Crippen LogP contribution >= 0.6 is 0 Å². The first-order valence-corrected chi connectivity index (χ1v) is 7.02. The van der Waals surface area contributed by atoms with Crippen molar-refractivity contribution in [1.82, 2.24) is 9.38 Å². The van der Waals surface area contributed by atoms with E-state index in [1.165, 1.54) is 0 Å². The monoisotopic (exact) mass is 287 g/mol. The molecule has 0 fully saturated rings. The quantitative estimate of drug-likeness (QED) is 0.430. The van der Waals surface area contributed by atoms with Gasteiger partial charge in [-0.15, -0.1) is 0 Å². The van der Waals surface area contributed by atoms with E-state index in [4.69, 9.17) is 0 Å². The molecule has 4 aromatic rings. The lowest BCUT2D eigenvalue weighted by molar-refractivity contribution is 0.299. The number of hydrogen-bond donors (Lipinski definition) is 1. The van der Waals surface area contributed by atoms with E-state index in [9.17, 15) is 5.21 Å². The van der Waals surface area contributed by atoms with Gasteiger partial charge in [-0.2, -0.15) is 0 Å². The molecule has 0 radical (unpaired) electrons. The standard InChI is InChI=1S/C18H13N3O/c22-20-18-16-11-6-12-21(16)15-10-5-4-9-14(15)17(19-18)13-7-2-1-3-8-13/h1-12,22H/b20-18+. The summed E-state index contributed by atoms with van der Waals surface area (Å²) in [5.41, 5.74) is 3.87. The zero-order valence-electron chi connectivity index (χ0n) is 11.7. The van der Waals surface area contributed by atoms with E-state index in [1.807, 2.05) is 77.3 Å². The van der Waals surface area contributed by atoms with Crippen LogP contribution < -0.4 is 5.49 Å². The Labute approximate surface area is 126 Å². The summed E-state index contributed by atoms with van der Waals surface area (Å²) in [4.78, 5) is 4.62. The van der Waals surface area contributed by atoms with Gasteiger partial charge in [0.1, 0.15) is 0 Å². The number of nitrogens with zero attached hydrogens (tertiary/aromatic N) is 3. The van der Waals surface area contributed by atoms with Gasteiger partial charge in [-0.1, -0.05) is 53.7 Å².